The van der Waals surface area contributed by atoms with Crippen LogP contribution in [-0.2, 0) is 14.4 Å². The smallest absolute Gasteiger partial charge is 0.220 e. The summed E-state index contributed by atoms with van der Waals surface area (Å²) in [6, 6.07) is 0. The van der Waals surface area contributed by atoms with Gasteiger partial charge in [-0.25, -0.2) is 0 Å². The fraction of sp³-hybridized carbons (Fsp3) is 0.783. The lowest BCUT2D eigenvalue weighted by Gasteiger charge is -2.04. The second kappa shape index (κ2) is 20.1. The summed E-state index contributed by atoms with van der Waals surface area (Å²) < 4.78 is 0. The van der Waals surface area contributed by atoms with E-state index in [0.717, 1.165) is 70.8 Å². The van der Waals surface area contributed by atoms with Crippen LogP contribution in [0.2, 0.25) is 0 Å². The molecule has 0 aliphatic heterocycles. The van der Waals surface area contributed by atoms with Crippen LogP contribution in [0, 0.1) is 0 Å². The molecule has 0 saturated carbocycles. The molecule has 2 amide bonds. The van der Waals surface area contributed by atoms with Gasteiger partial charge in [0, 0.05) is 19.4 Å². The molecule has 0 rings (SSSR count). The van der Waals surface area contributed by atoms with Crippen LogP contribution in [0.5, 0.6) is 0 Å². The van der Waals surface area contributed by atoms with Crippen LogP contribution in [0.1, 0.15) is 104 Å². The SMILES string of the molecule is CCCCCCC(=O)NCCCC/C=C\CCCCCCC(=O)NCC(C)=O. The minimum absolute atomic E-state index is 0.0114. The van der Waals surface area contributed by atoms with E-state index in [1.54, 1.807) is 0 Å². The monoisotopic (exact) mass is 394 g/mol. The highest BCUT2D eigenvalue weighted by Crippen LogP contribution is 2.07. The Morgan fingerprint density at radius 2 is 1.21 bits per heavy atom. The molecule has 0 spiro atoms. The van der Waals surface area contributed by atoms with Crippen LogP contribution in [0.3, 0.4) is 0 Å². The molecule has 0 aromatic carbocycles. The van der Waals surface area contributed by atoms with E-state index >= 15 is 0 Å². The van der Waals surface area contributed by atoms with Crippen molar-refractivity contribution in [2.45, 2.75) is 104 Å². The van der Waals surface area contributed by atoms with Crippen LogP contribution < -0.4 is 10.6 Å². The first-order valence-corrected chi connectivity index (χ1v) is 11.2. The number of carbonyl (C=O) groups is 3. The normalized spacial score (nSPS) is 10.9. The zero-order chi connectivity index (χ0) is 20.9. The number of hydrogen-bond acceptors (Lipinski definition) is 3. The number of ketones is 1. The molecule has 162 valence electrons. The molecule has 28 heavy (non-hydrogen) atoms. The van der Waals surface area contributed by atoms with Crippen molar-refractivity contribution in [3.8, 4) is 0 Å². The molecule has 0 radical (unpaired) electrons. The second-order valence-corrected chi connectivity index (χ2v) is 7.56. The summed E-state index contributed by atoms with van der Waals surface area (Å²) in [7, 11) is 0. The standard InChI is InChI=1S/C23H42N2O3/c1-3-4-5-14-17-22(27)24-19-16-13-11-9-7-6-8-10-12-15-18-23(28)25-20-21(2)26/h7,9H,3-6,8,10-20H2,1-2H3,(H,24,27)(H,25,28)/b9-7-. The fourth-order valence-corrected chi connectivity index (χ4v) is 2.86. The van der Waals surface area contributed by atoms with Crippen molar-refractivity contribution in [3.63, 3.8) is 0 Å². The van der Waals surface area contributed by atoms with Crippen LogP contribution in [-0.4, -0.2) is 30.7 Å². The molecule has 0 atom stereocenters. The van der Waals surface area contributed by atoms with Crippen molar-refractivity contribution in [1.82, 2.24) is 10.6 Å². The number of unbranched alkanes of at least 4 members (excludes halogenated alkanes) is 9. The largest absolute Gasteiger partial charge is 0.356 e. The van der Waals surface area contributed by atoms with Gasteiger partial charge in [-0.3, -0.25) is 14.4 Å². The highest BCUT2D eigenvalue weighted by molar-refractivity contribution is 5.84. The van der Waals surface area contributed by atoms with E-state index in [9.17, 15) is 14.4 Å². The number of amides is 2. The maximum absolute atomic E-state index is 11.6. The quantitative estimate of drug-likeness (QED) is 0.243. The summed E-state index contributed by atoms with van der Waals surface area (Å²) in [6.45, 7) is 4.59. The Labute approximate surface area is 172 Å². The Morgan fingerprint density at radius 3 is 1.82 bits per heavy atom. The lowest BCUT2D eigenvalue weighted by Crippen LogP contribution is -2.27. The summed E-state index contributed by atoms with van der Waals surface area (Å²) in [4.78, 5) is 33.8. The maximum Gasteiger partial charge on any atom is 0.220 e. The highest BCUT2D eigenvalue weighted by atomic mass is 16.2. The number of hydrogen-bond donors (Lipinski definition) is 2. The molecule has 0 aromatic rings. The number of nitrogens with one attached hydrogen (secondary N) is 2. The van der Waals surface area contributed by atoms with E-state index < -0.39 is 0 Å². The van der Waals surface area contributed by atoms with Crippen molar-refractivity contribution >= 4 is 17.6 Å². The van der Waals surface area contributed by atoms with Gasteiger partial charge < -0.3 is 10.6 Å². The van der Waals surface area contributed by atoms with Gasteiger partial charge in [0.25, 0.3) is 0 Å². The number of Topliss-reactive ketones (excluding diaryl/α,β-unsaturated/α-hetero) is 1. The summed E-state index contributed by atoms with van der Waals surface area (Å²) in [5.74, 6) is 0.161. The Balaban J connectivity index is 3.31. The predicted octanol–water partition coefficient (Wildman–Crippen LogP) is 4.85. The first-order valence-electron chi connectivity index (χ1n) is 11.2. The van der Waals surface area contributed by atoms with Gasteiger partial charge in [0.05, 0.1) is 6.54 Å². The van der Waals surface area contributed by atoms with Gasteiger partial charge in [-0.1, -0.05) is 51.2 Å². The first kappa shape index (κ1) is 26.4. The predicted molar refractivity (Wildman–Crippen MR) is 116 cm³/mol. The molecule has 0 aliphatic rings. The number of rotatable bonds is 19. The van der Waals surface area contributed by atoms with E-state index in [0.29, 0.717) is 12.8 Å². The molecule has 0 bridgehead atoms. The minimum Gasteiger partial charge on any atom is -0.356 e. The lowest BCUT2D eigenvalue weighted by molar-refractivity contribution is -0.124. The van der Waals surface area contributed by atoms with Crippen molar-refractivity contribution in [3.05, 3.63) is 12.2 Å². The first-order chi connectivity index (χ1) is 13.6. The molecule has 5 nitrogen and oxygen atoms in total. The van der Waals surface area contributed by atoms with Crippen molar-refractivity contribution < 1.29 is 14.4 Å². The summed E-state index contributed by atoms with van der Waals surface area (Å²) >= 11 is 0. The topological polar surface area (TPSA) is 75.3 Å². The molecule has 0 heterocycles. The van der Waals surface area contributed by atoms with Gasteiger partial charge in [0.15, 0.2) is 0 Å². The van der Waals surface area contributed by atoms with Crippen LogP contribution >= 0.6 is 0 Å². The zero-order valence-corrected chi connectivity index (χ0v) is 18.2. The van der Waals surface area contributed by atoms with Crippen LogP contribution in [0.4, 0.5) is 0 Å². The van der Waals surface area contributed by atoms with Gasteiger partial charge in [0.2, 0.25) is 11.8 Å². The second-order valence-electron chi connectivity index (χ2n) is 7.56. The molecule has 0 unspecified atom stereocenters. The van der Waals surface area contributed by atoms with E-state index in [1.807, 2.05) is 0 Å². The molecule has 0 fully saturated rings. The Kier molecular flexibility index (Phi) is 18.9. The molecular weight excluding hydrogens is 352 g/mol. The maximum atomic E-state index is 11.6. The Morgan fingerprint density at radius 1 is 0.679 bits per heavy atom. The zero-order valence-electron chi connectivity index (χ0n) is 18.2. The third kappa shape index (κ3) is 20.7. The van der Waals surface area contributed by atoms with E-state index in [1.165, 1.54) is 19.8 Å². The summed E-state index contributed by atoms with van der Waals surface area (Å²) in [5, 5.41) is 5.62. The van der Waals surface area contributed by atoms with Crippen LogP contribution in [0.25, 0.3) is 0 Å². The molecule has 0 aliphatic carbocycles. The van der Waals surface area contributed by atoms with Gasteiger partial charge in [0.1, 0.15) is 5.78 Å². The summed E-state index contributed by atoms with van der Waals surface area (Å²) in [5.41, 5.74) is 0. The van der Waals surface area contributed by atoms with Gasteiger partial charge >= 0.3 is 0 Å². The average Bonchev–Trinajstić information content (AvgIpc) is 2.67. The lowest BCUT2D eigenvalue weighted by atomic mass is 10.1. The Bertz CT molecular complexity index is 447. The average molecular weight is 395 g/mol. The number of allylic oxidation sites excluding steroid dienone is 2. The van der Waals surface area contributed by atoms with E-state index in [4.69, 9.17) is 0 Å². The molecule has 0 saturated heterocycles. The molecule has 5 heteroatoms. The third-order valence-electron chi connectivity index (χ3n) is 4.60. The van der Waals surface area contributed by atoms with Crippen LogP contribution in [0.15, 0.2) is 12.2 Å². The minimum atomic E-state index is -0.0252. The van der Waals surface area contributed by atoms with E-state index in [2.05, 4.69) is 29.7 Å². The molecule has 0 aromatic heterocycles. The van der Waals surface area contributed by atoms with E-state index in [-0.39, 0.29) is 24.1 Å². The third-order valence-corrected chi connectivity index (χ3v) is 4.60. The molecule has 2 N–H and O–H groups in total. The fourth-order valence-electron chi connectivity index (χ4n) is 2.86. The van der Waals surface area contributed by atoms with Crippen molar-refractivity contribution in [2.75, 3.05) is 13.1 Å². The molecular formula is C23H42N2O3. The highest BCUT2D eigenvalue weighted by Gasteiger charge is 2.02. The summed E-state index contributed by atoms with van der Waals surface area (Å²) in [6.07, 6.45) is 18.8. The van der Waals surface area contributed by atoms with Gasteiger partial charge in [-0.15, -0.1) is 0 Å². The van der Waals surface area contributed by atoms with Crippen molar-refractivity contribution in [2.24, 2.45) is 0 Å². The van der Waals surface area contributed by atoms with Gasteiger partial charge in [-0.2, -0.15) is 0 Å². The Hall–Kier alpha value is -1.65. The number of carbonyl (C=O) groups excluding carboxylic acids is 3. The van der Waals surface area contributed by atoms with Gasteiger partial charge in [-0.05, 0) is 51.9 Å². The van der Waals surface area contributed by atoms with Crippen molar-refractivity contribution in [1.29, 1.82) is 0 Å².